The molecule has 0 saturated heterocycles. The largest absolute Gasteiger partial charge is 0.341 e. The van der Waals surface area contributed by atoms with Crippen molar-refractivity contribution < 1.29 is 13.2 Å². The Balaban J connectivity index is 1.98. The molecule has 0 radical (unpaired) electrons. The second-order valence-corrected chi connectivity index (χ2v) is 8.41. The first-order valence-electron chi connectivity index (χ1n) is 8.13. The maximum absolute atomic E-state index is 12.2. The van der Waals surface area contributed by atoms with E-state index in [1.54, 1.807) is 20.8 Å². The van der Waals surface area contributed by atoms with Gasteiger partial charge in [0.05, 0.1) is 11.4 Å². The van der Waals surface area contributed by atoms with Gasteiger partial charge < -0.3 is 5.32 Å². The van der Waals surface area contributed by atoms with E-state index >= 15 is 0 Å². The van der Waals surface area contributed by atoms with E-state index in [9.17, 15) is 13.2 Å². The van der Waals surface area contributed by atoms with Gasteiger partial charge >= 0.3 is 0 Å². The SMILES string of the molecule is CC(C)(C)NS(=O)(=O)c1ccc(C(=O)NCC#Cc2ccccc2)cc1. The highest BCUT2D eigenvalue weighted by Gasteiger charge is 2.22. The minimum Gasteiger partial charge on any atom is -0.341 e. The number of amides is 1. The molecule has 0 heterocycles. The fourth-order valence-corrected chi connectivity index (χ4v) is 3.56. The van der Waals surface area contributed by atoms with Crippen LogP contribution in [-0.4, -0.2) is 26.4 Å². The van der Waals surface area contributed by atoms with Gasteiger partial charge in [-0.1, -0.05) is 30.0 Å². The van der Waals surface area contributed by atoms with Crippen molar-refractivity contribution in [2.75, 3.05) is 6.54 Å². The van der Waals surface area contributed by atoms with Crippen LogP contribution in [-0.2, 0) is 10.0 Å². The van der Waals surface area contributed by atoms with Gasteiger partial charge in [0.2, 0.25) is 10.0 Å². The summed E-state index contributed by atoms with van der Waals surface area (Å²) in [5.74, 6) is 5.52. The highest BCUT2D eigenvalue weighted by atomic mass is 32.2. The van der Waals surface area contributed by atoms with Crippen LogP contribution in [0.15, 0.2) is 59.5 Å². The summed E-state index contributed by atoms with van der Waals surface area (Å²) >= 11 is 0. The Bertz CT molecular complexity index is 917. The van der Waals surface area contributed by atoms with E-state index in [1.807, 2.05) is 30.3 Å². The summed E-state index contributed by atoms with van der Waals surface area (Å²) < 4.78 is 27.1. The van der Waals surface area contributed by atoms with Crippen LogP contribution in [0.25, 0.3) is 0 Å². The van der Waals surface area contributed by atoms with E-state index in [-0.39, 0.29) is 17.3 Å². The first-order chi connectivity index (χ1) is 12.2. The smallest absolute Gasteiger partial charge is 0.252 e. The molecule has 2 N–H and O–H groups in total. The molecule has 0 aliphatic rings. The maximum Gasteiger partial charge on any atom is 0.252 e. The highest BCUT2D eigenvalue weighted by molar-refractivity contribution is 7.89. The molecule has 2 aromatic carbocycles. The van der Waals surface area contributed by atoms with E-state index in [0.717, 1.165) is 5.56 Å². The maximum atomic E-state index is 12.2. The van der Waals surface area contributed by atoms with Gasteiger partial charge in [-0.25, -0.2) is 13.1 Å². The second kappa shape index (κ2) is 8.17. The molecule has 0 spiro atoms. The molecular weight excluding hydrogens is 348 g/mol. The van der Waals surface area contributed by atoms with Crippen LogP contribution in [0.4, 0.5) is 0 Å². The second-order valence-electron chi connectivity index (χ2n) is 6.73. The molecule has 2 aromatic rings. The summed E-state index contributed by atoms with van der Waals surface area (Å²) in [6.45, 7) is 5.51. The summed E-state index contributed by atoms with van der Waals surface area (Å²) in [6.07, 6.45) is 0. The minimum absolute atomic E-state index is 0.118. The van der Waals surface area contributed by atoms with Gasteiger partial charge in [-0.15, -0.1) is 0 Å². The molecule has 0 fully saturated rings. The van der Waals surface area contributed by atoms with Crippen LogP contribution in [0, 0.1) is 11.8 Å². The Labute approximate surface area is 154 Å². The molecule has 0 atom stereocenters. The lowest BCUT2D eigenvalue weighted by molar-refractivity contribution is 0.0958. The lowest BCUT2D eigenvalue weighted by Gasteiger charge is -2.20. The molecule has 0 aromatic heterocycles. The van der Waals surface area contributed by atoms with Crippen LogP contribution in [0.2, 0.25) is 0 Å². The summed E-state index contributed by atoms with van der Waals surface area (Å²) in [5.41, 5.74) is 0.677. The standard InChI is InChI=1S/C20H22N2O3S/c1-20(2,3)22-26(24,25)18-13-11-17(12-14-18)19(23)21-15-7-10-16-8-5-4-6-9-16/h4-6,8-9,11-14,22H,15H2,1-3H3,(H,21,23). The summed E-state index contributed by atoms with van der Waals surface area (Å²) in [4.78, 5) is 12.2. The lowest BCUT2D eigenvalue weighted by Crippen LogP contribution is -2.40. The average molecular weight is 370 g/mol. The number of nitrogens with one attached hydrogen (secondary N) is 2. The zero-order valence-corrected chi connectivity index (χ0v) is 15.9. The summed E-state index contributed by atoms with van der Waals surface area (Å²) in [6, 6.07) is 15.3. The minimum atomic E-state index is -3.62. The topological polar surface area (TPSA) is 75.3 Å². The van der Waals surface area contributed by atoms with Crippen molar-refractivity contribution in [3.63, 3.8) is 0 Å². The summed E-state index contributed by atoms with van der Waals surface area (Å²) in [7, 11) is -3.62. The fourth-order valence-electron chi connectivity index (χ4n) is 2.14. The number of hydrogen-bond acceptors (Lipinski definition) is 3. The van der Waals surface area contributed by atoms with Gasteiger partial charge in [0, 0.05) is 16.7 Å². The number of hydrogen-bond donors (Lipinski definition) is 2. The molecule has 5 nitrogen and oxygen atoms in total. The van der Waals surface area contributed by atoms with Crippen LogP contribution < -0.4 is 10.0 Å². The van der Waals surface area contributed by atoms with Crippen LogP contribution in [0.5, 0.6) is 0 Å². The first kappa shape index (κ1) is 19.7. The monoisotopic (exact) mass is 370 g/mol. The van der Waals surface area contributed by atoms with Crippen molar-refractivity contribution >= 4 is 15.9 Å². The third-order valence-electron chi connectivity index (χ3n) is 3.21. The molecule has 0 saturated carbocycles. The Hall–Kier alpha value is -2.62. The molecular formula is C20H22N2O3S. The fraction of sp³-hybridized carbons (Fsp3) is 0.250. The molecule has 136 valence electrons. The molecule has 0 unspecified atom stereocenters. The van der Waals surface area contributed by atoms with Crippen LogP contribution >= 0.6 is 0 Å². The van der Waals surface area contributed by atoms with E-state index < -0.39 is 15.6 Å². The molecule has 6 heteroatoms. The Morgan fingerprint density at radius 1 is 1.00 bits per heavy atom. The predicted octanol–water partition coefficient (Wildman–Crippen LogP) is 2.54. The molecule has 26 heavy (non-hydrogen) atoms. The normalized spacial score (nSPS) is 11.3. The van der Waals surface area contributed by atoms with Gasteiger partial charge in [-0.3, -0.25) is 4.79 Å². The van der Waals surface area contributed by atoms with E-state index in [4.69, 9.17) is 0 Å². The lowest BCUT2D eigenvalue weighted by atomic mass is 10.1. The van der Waals surface area contributed by atoms with Crippen molar-refractivity contribution in [1.82, 2.24) is 10.0 Å². The highest BCUT2D eigenvalue weighted by Crippen LogP contribution is 2.13. The van der Waals surface area contributed by atoms with Crippen molar-refractivity contribution in [2.24, 2.45) is 0 Å². The first-order valence-corrected chi connectivity index (χ1v) is 9.62. The van der Waals surface area contributed by atoms with Crippen molar-refractivity contribution in [1.29, 1.82) is 0 Å². The quantitative estimate of drug-likeness (QED) is 0.812. The Morgan fingerprint density at radius 2 is 1.62 bits per heavy atom. The van der Waals surface area contributed by atoms with Gasteiger partial charge in [0.15, 0.2) is 0 Å². The van der Waals surface area contributed by atoms with Gasteiger partial charge in [-0.05, 0) is 57.2 Å². The number of benzene rings is 2. The molecule has 2 rings (SSSR count). The van der Waals surface area contributed by atoms with Gasteiger partial charge in [0.1, 0.15) is 0 Å². The third kappa shape index (κ3) is 6.03. The zero-order valence-electron chi connectivity index (χ0n) is 15.0. The van der Waals surface area contributed by atoms with E-state index in [1.165, 1.54) is 24.3 Å². The summed E-state index contributed by atoms with van der Waals surface area (Å²) in [5, 5.41) is 2.69. The average Bonchev–Trinajstić information content (AvgIpc) is 2.57. The number of carbonyl (C=O) groups excluding carboxylic acids is 1. The molecule has 0 bridgehead atoms. The van der Waals surface area contributed by atoms with Crippen molar-refractivity contribution in [3.05, 3.63) is 65.7 Å². The third-order valence-corrected chi connectivity index (χ3v) is 4.99. The van der Waals surface area contributed by atoms with E-state index in [2.05, 4.69) is 21.9 Å². The number of carbonyl (C=O) groups is 1. The van der Waals surface area contributed by atoms with Crippen molar-refractivity contribution in [3.8, 4) is 11.8 Å². The van der Waals surface area contributed by atoms with Crippen molar-refractivity contribution in [2.45, 2.75) is 31.2 Å². The van der Waals surface area contributed by atoms with Gasteiger partial charge in [-0.2, -0.15) is 0 Å². The number of sulfonamides is 1. The number of rotatable bonds is 4. The Kier molecular flexibility index (Phi) is 6.19. The van der Waals surface area contributed by atoms with Crippen LogP contribution in [0.3, 0.4) is 0 Å². The van der Waals surface area contributed by atoms with E-state index in [0.29, 0.717) is 5.56 Å². The molecule has 0 aliphatic heterocycles. The Morgan fingerprint density at radius 3 is 2.19 bits per heavy atom. The van der Waals surface area contributed by atoms with Crippen LogP contribution in [0.1, 0.15) is 36.7 Å². The zero-order chi connectivity index (χ0) is 19.2. The predicted molar refractivity (Wildman–Crippen MR) is 102 cm³/mol. The van der Waals surface area contributed by atoms with Gasteiger partial charge in [0.25, 0.3) is 5.91 Å². The molecule has 0 aliphatic carbocycles. The molecule has 1 amide bonds.